The second kappa shape index (κ2) is 3.42. The molecular weight excluding hydrogens is 180 g/mol. The van der Waals surface area contributed by atoms with Crippen LogP contribution in [0.5, 0.6) is 0 Å². The fraction of sp³-hybridized carbons (Fsp3) is 0.133. The van der Waals surface area contributed by atoms with Crippen LogP contribution in [-0.4, -0.2) is 0 Å². The Bertz CT molecular complexity index is 521. The van der Waals surface area contributed by atoms with Crippen LogP contribution < -0.4 is 0 Å². The van der Waals surface area contributed by atoms with Crippen LogP contribution in [-0.2, 0) is 12.8 Å². The molecule has 1 aromatic rings. The number of allylic oxidation sites excluding steroid dienone is 5. The summed E-state index contributed by atoms with van der Waals surface area (Å²) in [5.41, 5.74) is 8.82. The first-order valence-corrected chi connectivity index (χ1v) is 5.36. The van der Waals surface area contributed by atoms with Crippen molar-refractivity contribution in [3.8, 4) is 0 Å². The van der Waals surface area contributed by atoms with Gasteiger partial charge in [0, 0.05) is 0 Å². The zero-order valence-corrected chi connectivity index (χ0v) is 8.53. The molecule has 0 aliphatic heterocycles. The van der Waals surface area contributed by atoms with Crippen molar-refractivity contribution in [2.75, 3.05) is 0 Å². The summed E-state index contributed by atoms with van der Waals surface area (Å²) in [5.74, 6) is 0. The van der Waals surface area contributed by atoms with E-state index in [4.69, 9.17) is 0 Å². The lowest BCUT2D eigenvalue weighted by Gasteiger charge is -2.22. The predicted molar refractivity (Wildman–Crippen MR) is 63.6 cm³/mol. The highest BCUT2D eigenvalue weighted by Crippen LogP contribution is 2.31. The number of hydrogen-bond donors (Lipinski definition) is 0. The predicted octanol–water partition coefficient (Wildman–Crippen LogP) is 3.45. The quantitative estimate of drug-likeness (QED) is 0.598. The van der Waals surface area contributed by atoms with Gasteiger partial charge in [-0.15, -0.1) is 5.73 Å². The van der Waals surface area contributed by atoms with Crippen molar-refractivity contribution in [1.29, 1.82) is 0 Å². The molecule has 0 heteroatoms. The van der Waals surface area contributed by atoms with Crippen LogP contribution in [0.4, 0.5) is 0 Å². The second-order valence-electron chi connectivity index (χ2n) is 3.92. The van der Waals surface area contributed by atoms with Crippen LogP contribution in [0.3, 0.4) is 0 Å². The summed E-state index contributed by atoms with van der Waals surface area (Å²) in [4.78, 5) is 0. The van der Waals surface area contributed by atoms with E-state index in [9.17, 15) is 0 Å². The molecule has 0 fully saturated rings. The Labute approximate surface area is 89.9 Å². The van der Waals surface area contributed by atoms with E-state index in [0.717, 1.165) is 0 Å². The molecule has 0 unspecified atom stereocenters. The third-order valence-corrected chi connectivity index (χ3v) is 3.06. The number of fused-ring (bicyclic) bond motifs is 1. The molecule has 0 saturated carbocycles. The molecule has 0 saturated heterocycles. The van der Waals surface area contributed by atoms with E-state index in [-0.39, 0.29) is 0 Å². The Morgan fingerprint density at radius 1 is 1.07 bits per heavy atom. The van der Waals surface area contributed by atoms with Crippen molar-refractivity contribution in [2.45, 2.75) is 12.8 Å². The molecule has 2 aliphatic carbocycles. The van der Waals surface area contributed by atoms with E-state index in [1.165, 1.54) is 35.1 Å². The number of aryl methyl sites for hydroxylation is 1. The van der Waals surface area contributed by atoms with Crippen LogP contribution in [0.15, 0.2) is 54.3 Å². The fourth-order valence-electron chi connectivity index (χ4n) is 2.15. The Hall–Kier alpha value is -1.78. The van der Waals surface area contributed by atoms with Gasteiger partial charge in [0.05, 0.1) is 0 Å². The normalized spacial score (nSPS) is 16.7. The monoisotopic (exact) mass is 192 g/mol. The SMILES string of the molecule is C1=CC=CC(c2cccc3c2CC3)=CC=1. The van der Waals surface area contributed by atoms with Gasteiger partial charge in [0.25, 0.3) is 0 Å². The first-order valence-electron chi connectivity index (χ1n) is 5.36. The first kappa shape index (κ1) is 8.52. The number of benzene rings is 1. The summed E-state index contributed by atoms with van der Waals surface area (Å²) in [5, 5.41) is 0. The van der Waals surface area contributed by atoms with Crippen LogP contribution in [0.2, 0.25) is 0 Å². The van der Waals surface area contributed by atoms with Gasteiger partial charge in [-0.05, 0) is 53.3 Å². The first-order chi connectivity index (χ1) is 7.45. The molecule has 0 N–H and O–H groups in total. The smallest absolute Gasteiger partial charge is 0.0149 e. The zero-order chi connectivity index (χ0) is 10.1. The second-order valence-corrected chi connectivity index (χ2v) is 3.92. The summed E-state index contributed by atoms with van der Waals surface area (Å²) in [6.07, 6.45) is 12.7. The zero-order valence-electron chi connectivity index (χ0n) is 8.53. The van der Waals surface area contributed by atoms with Gasteiger partial charge in [0.1, 0.15) is 0 Å². The molecule has 15 heavy (non-hydrogen) atoms. The van der Waals surface area contributed by atoms with E-state index in [1.807, 2.05) is 18.2 Å². The Kier molecular flexibility index (Phi) is 1.94. The van der Waals surface area contributed by atoms with E-state index in [2.05, 4.69) is 36.1 Å². The van der Waals surface area contributed by atoms with Gasteiger partial charge in [-0.25, -0.2) is 0 Å². The largest absolute Gasteiger partial charge is 0.121 e. The number of rotatable bonds is 1. The summed E-state index contributed by atoms with van der Waals surface area (Å²) < 4.78 is 0. The molecule has 0 bridgehead atoms. The minimum atomic E-state index is 1.23. The highest BCUT2D eigenvalue weighted by molar-refractivity contribution is 5.79. The van der Waals surface area contributed by atoms with Gasteiger partial charge in [-0.3, -0.25) is 0 Å². The van der Waals surface area contributed by atoms with Crippen LogP contribution in [0.25, 0.3) is 5.57 Å². The lowest BCUT2D eigenvalue weighted by atomic mass is 9.82. The van der Waals surface area contributed by atoms with E-state index in [0.29, 0.717) is 0 Å². The maximum absolute atomic E-state index is 3.09. The number of hydrogen-bond acceptors (Lipinski definition) is 0. The average Bonchev–Trinajstić information content (AvgIpc) is 2.47. The lowest BCUT2D eigenvalue weighted by Crippen LogP contribution is -2.10. The molecular formula is C15H12. The summed E-state index contributed by atoms with van der Waals surface area (Å²) in [6.45, 7) is 0. The van der Waals surface area contributed by atoms with Gasteiger partial charge in [0.15, 0.2) is 0 Å². The molecule has 0 aromatic heterocycles. The Morgan fingerprint density at radius 2 is 2.07 bits per heavy atom. The fourth-order valence-corrected chi connectivity index (χ4v) is 2.15. The minimum absolute atomic E-state index is 1.23. The highest BCUT2D eigenvalue weighted by Gasteiger charge is 2.17. The third-order valence-electron chi connectivity index (χ3n) is 3.06. The van der Waals surface area contributed by atoms with Gasteiger partial charge in [0.2, 0.25) is 0 Å². The van der Waals surface area contributed by atoms with E-state index in [1.54, 1.807) is 0 Å². The summed E-state index contributed by atoms with van der Waals surface area (Å²) in [6, 6.07) is 6.61. The van der Waals surface area contributed by atoms with Crippen LogP contribution in [0.1, 0.15) is 16.7 Å². The van der Waals surface area contributed by atoms with Crippen molar-refractivity contribution in [3.05, 3.63) is 71.0 Å². The summed E-state index contributed by atoms with van der Waals surface area (Å²) >= 11 is 0. The van der Waals surface area contributed by atoms with Crippen molar-refractivity contribution in [1.82, 2.24) is 0 Å². The van der Waals surface area contributed by atoms with Crippen LogP contribution in [0, 0.1) is 0 Å². The van der Waals surface area contributed by atoms with E-state index < -0.39 is 0 Å². The molecule has 1 aromatic carbocycles. The molecule has 0 atom stereocenters. The maximum Gasteiger partial charge on any atom is -0.0149 e. The van der Waals surface area contributed by atoms with Crippen molar-refractivity contribution in [3.63, 3.8) is 0 Å². The summed E-state index contributed by atoms with van der Waals surface area (Å²) in [7, 11) is 0. The van der Waals surface area contributed by atoms with Gasteiger partial charge >= 0.3 is 0 Å². The third kappa shape index (κ3) is 1.40. The Balaban J connectivity index is 2.11. The highest BCUT2D eigenvalue weighted by atomic mass is 14.2. The van der Waals surface area contributed by atoms with Gasteiger partial charge in [-0.1, -0.05) is 30.4 Å². The van der Waals surface area contributed by atoms with Crippen molar-refractivity contribution < 1.29 is 0 Å². The molecule has 0 amide bonds. The standard InChI is InChI=1S/C15H12/c1-2-4-7-12(6-3-1)14-9-5-8-13-10-11-15(13)14/h1,3-9H,10-11H2. The van der Waals surface area contributed by atoms with Crippen LogP contribution >= 0.6 is 0 Å². The molecule has 0 nitrogen and oxygen atoms in total. The molecule has 0 spiro atoms. The van der Waals surface area contributed by atoms with Crippen molar-refractivity contribution >= 4 is 5.57 Å². The minimum Gasteiger partial charge on any atom is -0.121 e. The van der Waals surface area contributed by atoms with Gasteiger partial charge in [-0.2, -0.15) is 0 Å². The van der Waals surface area contributed by atoms with E-state index >= 15 is 0 Å². The average molecular weight is 192 g/mol. The lowest BCUT2D eigenvalue weighted by molar-refractivity contribution is 0.835. The maximum atomic E-state index is 3.09. The van der Waals surface area contributed by atoms with Crippen molar-refractivity contribution in [2.24, 2.45) is 0 Å². The van der Waals surface area contributed by atoms with Gasteiger partial charge < -0.3 is 0 Å². The molecule has 0 heterocycles. The molecule has 72 valence electrons. The molecule has 0 radical (unpaired) electrons. The topological polar surface area (TPSA) is 0 Å². The Morgan fingerprint density at radius 3 is 2.93 bits per heavy atom. The molecule has 2 aliphatic rings. The molecule has 3 rings (SSSR count).